The molecule has 1 N–H and O–H groups in total. The van der Waals surface area contributed by atoms with Crippen molar-refractivity contribution in [1.29, 1.82) is 0 Å². The number of benzene rings is 1. The van der Waals surface area contributed by atoms with Gasteiger partial charge in [-0.05, 0) is 18.5 Å². The van der Waals surface area contributed by atoms with Crippen LogP contribution in [0.5, 0.6) is 0 Å². The lowest BCUT2D eigenvalue weighted by atomic mass is 9.87. The van der Waals surface area contributed by atoms with E-state index < -0.39 is 0 Å². The van der Waals surface area contributed by atoms with Crippen LogP contribution in [0, 0.1) is 11.2 Å². The van der Waals surface area contributed by atoms with E-state index in [1.807, 2.05) is 13.1 Å². The van der Waals surface area contributed by atoms with Crippen molar-refractivity contribution in [2.75, 3.05) is 13.7 Å². The lowest BCUT2D eigenvalue weighted by Crippen LogP contribution is -2.41. The second kappa shape index (κ2) is 6.12. The van der Waals surface area contributed by atoms with E-state index in [0.717, 1.165) is 0 Å². The summed E-state index contributed by atoms with van der Waals surface area (Å²) in [6, 6.07) is 6.97. The number of rotatable bonds is 5. The maximum Gasteiger partial charge on any atom is 0.128 e. The van der Waals surface area contributed by atoms with Crippen LogP contribution in [-0.4, -0.2) is 19.7 Å². The van der Waals surface area contributed by atoms with Gasteiger partial charge in [0, 0.05) is 11.6 Å². The van der Waals surface area contributed by atoms with Gasteiger partial charge in [0.25, 0.3) is 0 Å². The summed E-state index contributed by atoms with van der Waals surface area (Å²) in [6.45, 7) is 7.36. The summed E-state index contributed by atoms with van der Waals surface area (Å²) in [5.41, 5.74) is 0.737. The van der Waals surface area contributed by atoms with Gasteiger partial charge in [-0.25, -0.2) is 4.39 Å². The first kappa shape index (κ1) is 14.1. The highest BCUT2D eigenvalue weighted by Gasteiger charge is 2.22. The minimum absolute atomic E-state index is 0.129. The normalized spacial score (nSPS) is 13.7. The summed E-state index contributed by atoms with van der Waals surface area (Å²) >= 11 is 0. The molecule has 1 rings (SSSR count). The SMILES string of the molecule is CNC(COCc1ccccc1F)C(C)(C)C. The lowest BCUT2D eigenvalue weighted by Gasteiger charge is -2.30. The molecule has 0 aliphatic heterocycles. The molecule has 0 radical (unpaired) electrons. The van der Waals surface area contributed by atoms with E-state index in [2.05, 4.69) is 26.1 Å². The number of hydrogen-bond donors (Lipinski definition) is 1. The van der Waals surface area contributed by atoms with Crippen molar-refractivity contribution in [3.63, 3.8) is 0 Å². The molecule has 96 valence electrons. The third kappa shape index (κ3) is 4.44. The minimum atomic E-state index is -0.204. The van der Waals surface area contributed by atoms with Crippen LogP contribution in [0.25, 0.3) is 0 Å². The fraction of sp³-hybridized carbons (Fsp3) is 0.571. The Morgan fingerprint density at radius 2 is 1.94 bits per heavy atom. The Kier molecular flexibility index (Phi) is 5.09. The van der Waals surface area contributed by atoms with E-state index in [1.54, 1.807) is 12.1 Å². The summed E-state index contributed by atoms with van der Waals surface area (Å²) in [5, 5.41) is 3.22. The molecule has 1 unspecified atom stereocenters. The monoisotopic (exact) mass is 239 g/mol. The average molecular weight is 239 g/mol. The van der Waals surface area contributed by atoms with Crippen molar-refractivity contribution in [2.45, 2.75) is 33.4 Å². The highest BCUT2D eigenvalue weighted by molar-refractivity contribution is 5.16. The minimum Gasteiger partial charge on any atom is -0.375 e. The summed E-state index contributed by atoms with van der Waals surface area (Å²) < 4.78 is 18.9. The van der Waals surface area contributed by atoms with Crippen molar-refractivity contribution in [3.8, 4) is 0 Å². The van der Waals surface area contributed by atoms with Gasteiger partial charge in [0.15, 0.2) is 0 Å². The van der Waals surface area contributed by atoms with Crippen LogP contribution in [0.2, 0.25) is 0 Å². The fourth-order valence-electron chi connectivity index (χ4n) is 1.67. The van der Waals surface area contributed by atoms with Gasteiger partial charge in [0.1, 0.15) is 5.82 Å². The van der Waals surface area contributed by atoms with Gasteiger partial charge in [-0.15, -0.1) is 0 Å². The van der Waals surface area contributed by atoms with Gasteiger partial charge < -0.3 is 10.1 Å². The van der Waals surface area contributed by atoms with Crippen molar-refractivity contribution >= 4 is 0 Å². The third-order valence-electron chi connectivity index (χ3n) is 2.89. The lowest BCUT2D eigenvalue weighted by molar-refractivity contribution is 0.0667. The highest BCUT2D eigenvalue weighted by atomic mass is 19.1. The Balaban J connectivity index is 2.45. The maximum atomic E-state index is 13.3. The van der Waals surface area contributed by atoms with Crippen LogP contribution in [0.15, 0.2) is 24.3 Å². The van der Waals surface area contributed by atoms with Crippen molar-refractivity contribution < 1.29 is 9.13 Å². The van der Waals surface area contributed by atoms with Crippen molar-refractivity contribution in [3.05, 3.63) is 35.6 Å². The van der Waals surface area contributed by atoms with E-state index in [4.69, 9.17) is 4.74 Å². The standard InChI is InChI=1S/C14H22FNO/c1-14(2,3)13(16-4)10-17-9-11-7-5-6-8-12(11)15/h5-8,13,16H,9-10H2,1-4H3. The van der Waals surface area contributed by atoms with E-state index in [9.17, 15) is 4.39 Å². The Hall–Kier alpha value is -0.930. The summed E-state index contributed by atoms with van der Waals surface area (Å²) in [7, 11) is 1.92. The summed E-state index contributed by atoms with van der Waals surface area (Å²) in [6.07, 6.45) is 0. The molecule has 17 heavy (non-hydrogen) atoms. The Labute approximate surface area is 103 Å². The molecule has 3 heteroatoms. The average Bonchev–Trinajstić information content (AvgIpc) is 2.25. The van der Waals surface area contributed by atoms with E-state index >= 15 is 0 Å². The first-order chi connectivity index (χ1) is 7.95. The number of ether oxygens (including phenoxy) is 1. The van der Waals surface area contributed by atoms with Crippen LogP contribution in [0.1, 0.15) is 26.3 Å². The Bertz CT molecular complexity index is 346. The molecular formula is C14H22FNO. The molecule has 0 saturated heterocycles. The second-order valence-corrected chi connectivity index (χ2v) is 5.31. The zero-order chi connectivity index (χ0) is 12.9. The predicted molar refractivity (Wildman–Crippen MR) is 68.4 cm³/mol. The van der Waals surface area contributed by atoms with E-state index in [0.29, 0.717) is 18.8 Å². The molecule has 0 fully saturated rings. The van der Waals surface area contributed by atoms with Gasteiger partial charge in [0.05, 0.1) is 13.2 Å². The topological polar surface area (TPSA) is 21.3 Å². The van der Waals surface area contributed by atoms with Crippen LogP contribution < -0.4 is 5.32 Å². The van der Waals surface area contributed by atoms with Crippen molar-refractivity contribution in [1.82, 2.24) is 5.32 Å². The molecule has 2 nitrogen and oxygen atoms in total. The van der Waals surface area contributed by atoms with E-state index in [1.165, 1.54) is 6.07 Å². The first-order valence-corrected chi connectivity index (χ1v) is 5.93. The number of likely N-dealkylation sites (N-methyl/N-ethyl adjacent to an activating group) is 1. The second-order valence-electron chi connectivity index (χ2n) is 5.31. The van der Waals surface area contributed by atoms with Crippen LogP contribution in [-0.2, 0) is 11.3 Å². The smallest absolute Gasteiger partial charge is 0.128 e. The molecule has 0 saturated carbocycles. The molecule has 0 aliphatic carbocycles. The molecule has 0 bridgehead atoms. The van der Waals surface area contributed by atoms with Gasteiger partial charge >= 0.3 is 0 Å². The first-order valence-electron chi connectivity index (χ1n) is 5.93. The highest BCUT2D eigenvalue weighted by Crippen LogP contribution is 2.19. The van der Waals surface area contributed by atoms with E-state index in [-0.39, 0.29) is 17.3 Å². The van der Waals surface area contributed by atoms with Crippen LogP contribution in [0.4, 0.5) is 4.39 Å². The van der Waals surface area contributed by atoms with Crippen LogP contribution >= 0.6 is 0 Å². The molecule has 0 spiro atoms. The van der Waals surface area contributed by atoms with Crippen molar-refractivity contribution in [2.24, 2.45) is 5.41 Å². The molecule has 0 aromatic heterocycles. The Morgan fingerprint density at radius 3 is 2.47 bits per heavy atom. The third-order valence-corrected chi connectivity index (χ3v) is 2.89. The molecule has 1 aromatic carbocycles. The molecular weight excluding hydrogens is 217 g/mol. The fourth-order valence-corrected chi connectivity index (χ4v) is 1.67. The quantitative estimate of drug-likeness (QED) is 0.853. The van der Waals surface area contributed by atoms with Gasteiger partial charge in [0.2, 0.25) is 0 Å². The number of halogens is 1. The molecule has 1 aromatic rings. The molecule has 0 heterocycles. The molecule has 0 amide bonds. The predicted octanol–water partition coefficient (Wildman–Crippen LogP) is 2.98. The summed E-state index contributed by atoms with van der Waals surface area (Å²) in [5.74, 6) is -0.204. The largest absolute Gasteiger partial charge is 0.375 e. The van der Waals surface area contributed by atoms with Gasteiger partial charge in [-0.2, -0.15) is 0 Å². The summed E-state index contributed by atoms with van der Waals surface area (Å²) in [4.78, 5) is 0. The Morgan fingerprint density at radius 1 is 1.29 bits per heavy atom. The number of hydrogen-bond acceptors (Lipinski definition) is 2. The zero-order valence-corrected chi connectivity index (χ0v) is 11.1. The molecule has 1 atom stereocenters. The molecule has 0 aliphatic rings. The maximum absolute atomic E-state index is 13.3. The van der Waals surface area contributed by atoms with Crippen LogP contribution in [0.3, 0.4) is 0 Å². The van der Waals surface area contributed by atoms with Gasteiger partial charge in [-0.1, -0.05) is 39.0 Å². The van der Waals surface area contributed by atoms with Gasteiger partial charge in [-0.3, -0.25) is 0 Å². The zero-order valence-electron chi connectivity index (χ0n) is 11.1. The number of nitrogens with one attached hydrogen (secondary N) is 1.